The number of carbonyl (C=O) groups excluding carboxylic acids is 2. The average Bonchev–Trinajstić information content (AvgIpc) is 2.97. The van der Waals surface area contributed by atoms with E-state index in [1.165, 1.54) is 40.9 Å². The third-order valence-corrected chi connectivity index (χ3v) is 5.87. The van der Waals surface area contributed by atoms with Gasteiger partial charge in [-0.2, -0.15) is 0 Å². The van der Waals surface area contributed by atoms with Crippen molar-refractivity contribution in [1.82, 2.24) is 4.90 Å². The van der Waals surface area contributed by atoms with Gasteiger partial charge in [-0.15, -0.1) is 0 Å². The van der Waals surface area contributed by atoms with Crippen LogP contribution < -0.4 is 5.32 Å². The van der Waals surface area contributed by atoms with Crippen molar-refractivity contribution >= 4 is 57.6 Å². The smallest absolute Gasteiger partial charge is 0.269 e. The molecule has 0 aliphatic carbocycles. The lowest BCUT2D eigenvalue weighted by Crippen LogP contribution is -2.29. The van der Waals surface area contributed by atoms with E-state index < -0.39 is 4.92 Å². The number of rotatable bonds is 7. The van der Waals surface area contributed by atoms with E-state index in [0.717, 1.165) is 11.1 Å². The van der Waals surface area contributed by atoms with Crippen molar-refractivity contribution in [3.8, 4) is 0 Å². The quantitative estimate of drug-likeness (QED) is 0.294. The van der Waals surface area contributed by atoms with Gasteiger partial charge in [-0.05, 0) is 42.7 Å². The summed E-state index contributed by atoms with van der Waals surface area (Å²) in [6.45, 7) is 2.33. The molecule has 7 nitrogen and oxygen atoms in total. The van der Waals surface area contributed by atoms with E-state index in [1.807, 2.05) is 37.3 Å². The number of benzene rings is 2. The molecule has 2 amide bonds. The topological polar surface area (TPSA) is 92.6 Å². The molecule has 154 valence electrons. The predicted octanol–water partition coefficient (Wildman–Crippen LogP) is 4.52. The van der Waals surface area contributed by atoms with Gasteiger partial charge in [0.15, 0.2) is 0 Å². The predicted molar refractivity (Wildman–Crippen MR) is 122 cm³/mol. The Morgan fingerprint density at radius 1 is 1.23 bits per heavy atom. The minimum atomic E-state index is -0.499. The fraction of sp³-hybridized carbons (Fsp3) is 0.190. The number of nitro benzene ring substituents is 1. The number of anilines is 1. The zero-order valence-corrected chi connectivity index (χ0v) is 17.8. The van der Waals surface area contributed by atoms with Crippen LogP contribution in [0.25, 0.3) is 6.08 Å². The van der Waals surface area contributed by atoms with Crippen LogP contribution in [-0.4, -0.2) is 32.5 Å². The van der Waals surface area contributed by atoms with Crippen LogP contribution in [0.4, 0.5) is 11.4 Å². The maximum absolute atomic E-state index is 12.7. The van der Waals surface area contributed by atoms with Crippen LogP contribution in [0.3, 0.4) is 0 Å². The van der Waals surface area contributed by atoms with Crippen LogP contribution in [0.15, 0.2) is 53.4 Å². The highest BCUT2D eigenvalue weighted by Gasteiger charge is 2.31. The van der Waals surface area contributed by atoms with E-state index in [0.29, 0.717) is 27.9 Å². The van der Waals surface area contributed by atoms with E-state index >= 15 is 0 Å². The van der Waals surface area contributed by atoms with Crippen molar-refractivity contribution in [3.05, 3.63) is 74.7 Å². The molecule has 30 heavy (non-hydrogen) atoms. The van der Waals surface area contributed by atoms with Gasteiger partial charge in [-0.25, -0.2) is 0 Å². The third kappa shape index (κ3) is 5.31. The maximum Gasteiger partial charge on any atom is 0.269 e. The van der Waals surface area contributed by atoms with Crippen molar-refractivity contribution in [2.75, 3.05) is 11.9 Å². The average molecular weight is 442 g/mol. The molecule has 1 aliphatic rings. The van der Waals surface area contributed by atoms with Crippen molar-refractivity contribution in [2.24, 2.45) is 0 Å². The van der Waals surface area contributed by atoms with Crippen molar-refractivity contribution in [2.45, 2.75) is 19.8 Å². The van der Waals surface area contributed by atoms with Crippen LogP contribution in [0, 0.1) is 17.0 Å². The molecule has 0 bridgehead atoms. The van der Waals surface area contributed by atoms with E-state index in [9.17, 15) is 19.7 Å². The number of nitrogens with one attached hydrogen (secondary N) is 1. The summed E-state index contributed by atoms with van der Waals surface area (Å²) in [5, 5.41) is 13.4. The summed E-state index contributed by atoms with van der Waals surface area (Å²) in [4.78, 5) is 37.1. The summed E-state index contributed by atoms with van der Waals surface area (Å²) in [6, 6.07) is 13.4. The second-order valence-electron chi connectivity index (χ2n) is 6.65. The molecule has 0 spiro atoms. The molecule has 1 aliphatic heterocycles. The third-order valence-electron chi connectivity index (χ3n) is 4.50. The summed E-state index contributed by atoms with van der Waals surface area (Å²) in [7, 11) is 0. The second-order valence-corrected chi connectivity index (χ2v) is 8.32. The minimum absolute atomic E-state index is 0.0406. The summed E-state index contributed by atoms with van der Waals surface area (Å²) < 4.78 is 0.482. The number of hydrogen-bond donors (Lipinski definition) is 1. The van der Waals surface area contributed by atoms with Crippen LogP contribution in [0.1, 0.15) is 24.0 Å². The van der Waals surface area contributed by atoms with Crippen LogP contribution in [0.2, 0.25) is 0 Å². The molecule has 1 fully saturated rings. The molecule has 9 heteroatoms. The molecule has 0 saturated carbocycles. The van der Waals surface area contributed by atoms with E-state index in [2.05, 4.69) is 5.32 Å². The number of thioether (sulfide) groups is 1. The Balaban J connectivity index is 1.52. The Hall–Kier alpha value is -3.04. The highest BCUT2D eigenvalue weighted by Crippen LogP contribution is 2.33. The standard InChI is InChI=1S/C21H19N3O4S2/c1-14-5-2-3-6-15(14)13-18-20(26)23(21(29)30-18)12-4-7-19(25)22-16-8-10-17(11-9-16)24(27)28/h2-3,5-6,8-11,13H,4,7,12H2,1H3,(H,22,25)/b18-13-. The van der Waals surface area contributed by atoms with Gasteiger partial charge in [-0.1, -0.05) is 48.2 Å². The SMILES string of the molecule is Cc1ccccc1/C=C1\SC(=S)N(CCCC(=O)Nc2ccc([N+](=O)[O-])cc2)C1=O. The fourth-order valence-corrected chi connectivity index (χ4v) is 4.17. The van der Waals surface area contributed by atoms with Gasteiger partial charge < -0.3 is 5.32 Å². The first-order valence-electron chi connectivity index (χ1n) is 9.20. The van der Waals surface area contributed by atoms with E-state index in [1.54, 1.807) is 0 Å². The largest absolute Gasteiger partial charge is 0.326 e. The molecule has 0 unspecified atom stereocenters. The van der Waals surface area contributed by atoms with Gasteiger partial charge in [0.25, 0.3) is 11.6 Å². The highest BCUT2D eigenvalue weighted by molar-refractivity contribution is 8.26. The number of thiocarbonyl (C=S) groups is 1. The first-order valence-corrected chi connectivity index (χ1v) is 10.4. The molecule has 0 radical (unpaired) electrons. The zero-order valence-electron chi connectivity index (χ0n) is 16.2. The number of amides is 2. The van der Waals surface area contributed by atoms with Crippen molar-refractivity contribution in [3.63, 3.8) is 0 Å². The molecule has 0 aromatic heterocycles. The number of hydrogen-bond acceptors (Lipinski definition) is 6. The number of carbonyl (C=O) groups is 2. The summed E-state index contributed by atoms with van der Waals surface area (Å²) in [6.07, 6.45) is 2.49. The van der Waals surface area contributed by atoms with Gasteiger partial charge in [0.1, 0.15) is 4.32 Å². The van der Waals surface area contributed by atoms with Gasteiger partial charge >= 0.3 is 0 Å². The van der Waals surface area contributed by atoms with Crippen molar-refractivity contribution < 1.29 is 14.5 Å². The summed E-state index contributed by atoms with van der Waals surface area (Å²) >= 11 is 6.60. The zero-order chi connectivity index (χ0) is 21.7. The molecular weight excluding hydrogens is 422 g/mol. The lowest BCUT2D eigenvalue weighted by Gasteiger charge is -2.14. The monoisotopic (exact) mass is 441 g/mol. The molecule has 1 heterocycles. The van der Waals surface area contributed by atoms with Gasteiger partial charge in [0.05, 0.1) is 9.83 Å². The Morgan fingerprint density at radius 2 is 1.93 bits per heavy atom. The number of nitrogens with zero attached hydrogens (tertiary/aromatic N) is 2. The number of non-ortho nitro benzene ring substituents is 1. The lowest BCUT2D eigenvalue weighted by molar-refractivity contribution is -0.384. The molecule has 0 atom stereocenters. The lowest BCUT2D eigenvalue weighted by atomic mass is 10.1. The highest BCUT2D eigenvalue weighted by atomic mass is 32.2. The molecule has 1 N–H and O–H groups in total. The van der Waals surface area contributed by atoms with Crippen LogP contribution in [-0.2, 0) is 9.59 Å². The summed E-state index contributed by atoms with van der Waals surface area (Å²) in [5.74, 6) is -0.381. The minimum Gasteiger partial charge on any atom is -0.326 e. The normalized spacial score (nSPS) is 15.0. The number of aryl methyl sites for hydroxylation is 1. The van der Waals surface area contributed by atoms with Gasteiger partial charge in [0.2, 0.25) is 5.91 Å². The first-order chi connectivity index (χ1) is 14.3. The van der Waals surface area contributed by atoms with Crippen molar-refractivity contribution in [1.29, 1.82) is 0 Å². The van der Waals surface area contributed by atoms with Gasteiger partial charge in [0, 0.05) is 30.8 Å². The van der Waals surface area contributed by atoms with Crippen LogP contribution >= 0.6 is 24.0 Å². The maximum atomic E-state index is 12.7. The fourth-order valence-electron chi connectivity index (χ4n) is 2.87. The molecule has 3 rings (SSSR count). The molecule has 1 saturated heterocycles. The van der Waals surface area contributed by atoms with E-state index in [4.69, 9.17) is 12.2 Å². The summed E-state index contributed by atoms with van der Waals surface area (Å²) in [5.41, 5.74) is 2.49. The molecule has 2 aromatic carbocycles. The number of nitro groups is 1. The molecule has 2 aromatic rings. The Morgan fingerprint density at radius 3 is 2.60 bits per heavy atom. The van der Waals surface area contributed by atoms with Gasteiger partial charge in [-0.3, -0.25) is 24.6 Å². The van der Waals surface area contributed by atoms with E-state index in [-0.39, 0.29) is 23.9 Å². The Labute approximate surface area is 183 Å². The Bertz CT molecular complexity index is 1030. The second kappa shape index (κ2) is 9.64. The first kappa shape index (κ1) is 21.7. The molecular formula is C21H19N3O4S2. The van der Waals surface area contributed by atoms with Crippen LogP contribution in [0.5, 0.6) is 0 Å². The Kier molecular flexibility index (Phi) is 6.96.